The number of rotatable bonds is 12. The molecule has 0 bridgehead atoms. The summed E-state index contributed by atoms with van der Waals surface area (Å²) in [6.07, 6.45) is -15.2. The number of phosphoric acid groups is 2. The number of nitrogens with one attached hydrogen (secondary N) is 2. The van der Waals surface area contributed by atoms with Crippen LogP contribution >= 0.6 is 15.6 Å². The molecule has 1 amide bonds. The van der Waals surface area contributed by atoms with Crippen LogP contribution < -0.4 is 16.6 Å². The first-order valence-corrected chi connectivity index (χ1v) is 15.6. The van der Waals surface area contributed by atoms with Crippen LogP contribution in [0.5, 0.6) is 0 Å². The molecular weight excluding hydrogens is 658 g/mol. The van der Waals surface area contributed by atoms with E-state index >= 15 is 0 Å². The van der Waals surface area contributed by atoms with Crippen molar-refractivity contribution in [3.05, 3.63) is 33.2 Å². The van der Waals surface area contributed by atoms with E-state index in [1.807, 2.05) is 0 Å². The number of nitrogens with zero attached hydrogens (tertiary/aromatic N) is 5. The SMILES string of the molecule is [N-]=[N+]=NCC(=O)NCC1O[C@H](OP(=O)(O)OP(=O)(O)OC[C@H]2O[C@@H](n3cnc4c(=O)[nH]c(N)cc43)C(O)C2O)C(O)C(O)[C@@H]1O. The lowest BCUT2D eigenvalue weighted by atomic mass is 9.99. The van der Waals surface area contributed by atoms with E-state index in [1.54, 1.807) is 0 Å². The molecule has 45 heavy (non-hydrogen) atoms. The van der Waals surface area contributed by atoms with Crippen LogP contribution in [0.2, 0.25) is 0 Å². The molecule has 2 fully saturated rings. The van der Waals surface area contributed by atoms with E-state index in [1.165, 1.54) is 10.6 Å². The number of aromatic amines is 1. The molecule has 4 heterocycles. The Labute approximate surface area is 249 Å². The predicted octanol–water partition coefficient (Wildman–Crippen LogP) is -3.59. The van der Waals surface area contributed by atoms with Crippen LogP contribution in [0.1, 0.15) is 6.23 Å². The Kier molecular flexibility index (Phi) is 10.7. The van der Waals surface area contributed by atoms with Crippen molar-refractivity contribution in [3.63, 3.8) is 0 Å². The fourth-order valence-corrected chi connectivity index (χ4v) is 6.53. The zero-order valence-electron chi connectivity index (χ0n) is 22.5. The second-order valence-corrected chi connectivity index (χ2v) is 12.6. The zero-order chi connectivity index (χ0) is 33.3. The lowest BCUT2D eigenvalue weighted by Gasteiger charge is -2.40. The lowest BCUT2D eigenvalue weighted by Crippen LogP contribution is -2.60. The van der Waals surface area contributed by atoms with E-state index in [-0.39, 0.29) is 16.9 Å². The van der Waals surface area contributed by atoms with E-state index in [4.69, 9.17) is 20.7 Å². The van der Waals surface area contributed by atoms with Gasteiger partial charge < -0.3 is 65.4 Å². The molecule has 2 aliphatic rings. The molecule has 4 rings (SSSR count). The summed E-state index contributed by atoms with van der Waals surface area (Å²) in [4.78, 5) is 52.4. The minimum atomic E-state index is -5.69. The molecule has 0 spiro atoms. The molecule has 7 unspecified atom stereocenters. The second kappa shape index (κ2) is 13.8. The molecule has 0 radical (unpaired) electrons. The number of fused-ring (bicyclic) bond motifs is 1. The summed E-state index contributed by atoms with van der Waals surface area (Å²) >= 11 is 0. The molecule has 250 valence electrons. The third kappa shape index (κ3) is 8.04. The highest BCUT2D eigenvalue weighted by Crippen LogP contribution is 2.61. The van der Waals surface area contributed by atoms with Crippen LogP contribution in [-0.2, 0) is 36.8 Å². The number of hydrogen-bond acceptors (Lipinski definition) is 17. The summed E-state index contributed by atoms with van der Waals surface area (Å²) in [5.74, 6) is -0.873. The van der Waals surface area contributed by atoms with Crippen LogP contribution in [0.15, 0.2) is 22.3 Å². The highest BCUT2D eigenvalue weighted by Gasteiger charge is 2.49. The van der Waals surface area contributed by atoms with E-state index in [2.05, 4.69) is 38.7 Å². The summed E-state index contributed by atoms with van der Waals surface area (Å²) in [7, 11) is -11.2. The van der Waals surface area contributed by atoms with Crippen molar-refractivity contribution in [3.8, 4) is 0 Å². The van der Waals surface area contributed by atoms with Gasteiger partial charge in [0.1, 0.15) is 55.1 Å². The lowest BCUT2D eigenvalue weighted by molar-refractivity contribution is -0.273. The van der Waals surface area contributed by atoms with Gasteiger partial charge in [-0.05, 0) is 5.53 Å². The summed E-state index contributed by atoms with van der Waals surface area (Å²) in [5.41, 5.74) is 13.3. The largest absolute Gasteiger partial charge is 0.483 e. The first-order valence-electron chi connectivity index (χ1n) is 12.6. The van der Waals surface area contributed by atoms with E-state index in [0.29, 0.717) is 0 Å². The van der Waals surface area contributed by atoms with Gasteiger partial charge in [0.15, 0.2) is 18.0 Å². The van der Waals surface area contributed by atoms with Crippen LogP contribution in [0.3, 0.4) is 0 Å². The van der Waals surface area contributed by atoms with Gasteiger partial charge in [-0.15, -0.1) is 0 Å². The molecule has 0 aliphatic carbocycles. The molecule has 2 aliphatic heterocycles. The van der Waals surface area contributed by atoms with E-state index < -0.39 is 102 Å². The maximum atomic E-state index is 12.5. The number of carbonyl (C=O) groups excluding carboxylic acids is 1. The topological polar surface area (TPSA) is 376 Å². The monoisotopic (exact) mass is 686 g/mol. The number of nitrogen functional groups attached to an aromatic ring is 1. The van der Waals surface area contributed by atoms with Crippen molar-refractivity contribution in [1.29, 1.82) is 0 Å². The van der Waals surface area contributed by atoms with Crippen molar-refractivity contribution in [1.82, 2.24) is 19.9 Å². The standard InChI is InChI=1S/C19H28N8O16P2/c20-9-1-6-11(17(34)25-9)23-5-27(6)18-15(32)13(30)8(40-18)4-39-44(35,36)43-45(37,38)42-19-16(33)14(31)12(29)7(41-19)2-22-10(28)3-24-26-21/h1,5,7-8,12-16,18-19,29-33H,2-4H2,(H,22,28)(H,35,36)(H,37,38)(H3,20,25,34)/t7?,8-,12-,13?,14?,15?,16?,18-,19-/m1/s1. The number of amides is 1. The molecule has 24 nitrogen and oxygen atoms in total. The first-order chi connectivity index (χ1) is 21.0. The number of ether oxygens (including phenoxy) is 2. The minimum absolute atomic E-state index is 0.0440. The highest BCUT2D eigenvalue weighted by molar-refractivity contribution is 7.61. The molecule has 0 aromatic carbocycles. The molecule has 26 heteroatoms. The van der Waals surface area contributed by atoms with Crippen molar-refractivity contribution < 1.29 is 72.1 Å². The number of aromatic nitrogens is 3. The Hall–Kier alpha value is -3.02. The van der Waals surface area contributed by atoms with Gasteiger partial charge in [0.05, 0.1) is 18.5 Å². The average Bonchev–Trinajstić information content (AvgIpc) is 3.50. The van der Waals surface area contributed by atoms with Gasteiger partial charge in [0, 0.05) is 17.5 Å². The van der Waals surface area contributed by atoms with Gasteiger partial charge in [-0.25, -0.2) is 14.1 Å². The van der Waals surface area contributed by atoms with Gasteiger partial charge in [0.25, 0.3) is 5.56 Å². The van der Waals surface area contributed by atoms with Crippen molar-refractivity contribution in [2.75, 3.05) is 25.4 Å². The number of hydrogen-bond donors (Lipinski definition) is 10. The number of pyridine rings is 1. The molecule has 11 atom stereocenters. The number of aliphatic hydroxyl groups excluding tert-OH is 5. The van der Waals surface area contributed by atoms with E-state index in [0.717, 1.165) is 6.33 Å². The Bertz CT molecular complexity index is 1600. The maximum Gasteiger partial charge on any atom is 0.483 e. The number of carbonyl (C=O) groups is 1. The fourth-order valence-electron chi connectivity index (χ4n) is 4.37. The molecule has 2 aromatic rings. The number of anilines is 1. The van der Waals surface area contributed by atoms with Gasteiger partial charge in [-0.1, -0.05) is 5.11 Å². The summed E-state index contributed by atoms with van der Waals surface area (Å²) < 4.78 is 50.1. The number of azide groups is 1. The average molecular weight is 686 g/mol. The van der Waals surface area contributed by atoms with Crippen LogP contribution in [-0.4, -0.2) is 124 Å². The first kappa shape index (κ1) is 34.8. The van der Waals surface area contributed by atoms with Crippen molar-refractivity contribution >= 4 is 38.4 Å². The van der Waals surface area contributed by atoms with Gasteiger partial charge in [-0.3, -0.25) is 18.6 Å². The molecular formula is C19H28N8O16P2. The number of phosphoric ester groups is 2. The third-order valence-electron chi connectivity index (χ3n) is 6.50. The summed E-state index contributed by atoms with van der Waals surface area (Å²) in [6, 6.07) is 1.31. The maximum absolute atomic E-state index is 12.5. The number of H-pyrrole nitrogens is 1. The van der Waals surface area contributed by atoms with Crippen molar-refractivity contribution in [2.24, 2.45) is 5.11 Å². The summed E-state index contributed by atoms with van der Waals surface area (Å²) in [6.45, 7) is -2.21. The molecule has 2 aromatic heterocycles. The fraction of sp³-hybridized carbons (Fsp3) is 0.632. The molecule has 11 N–H and O–H groups in total. The smallest absolute Gasteiger partial charge is 0.388 e. The zero-order valence-corrected chi connectivity index (χ0v) is 24.3. The van der Waals surface area contributed by atoms with Gasteiger partial charge >= 0.3 is 15.6 Å². The third-order valence-corrected chi connectivity index (χ3v) is 9.10. The van der Waals surface area contributed by atoms with Crippen molar-refractivity contribution in [2.45, 2.75) is 55.2 Å². The van der Waals surface area contributed by atoms with Crippen LogP contribution in [0.25, 0.3) is 21.5 Å². The normalized spacial score (nSPS) is 32.8. The number of imidazole rings is 1. The minimum Gasteiger partial charge on any atom is -0.388 e. The Morgan fingerprint density at radius 2 is 1.80 bits per heavy atom. The van der Waals surface area contributed by atoms with Crippen LogP contribution in [0.4, 0.5) is 5.82 Å². The quantitative estimate of drug-likeness (QED) is 0.0446. The number of nitrogens with two attached hydrogens (primary N) is 1. The predicted molar refractivity (Wildman–Crippen MR) is 142 cm³/mol. The van der Waals surface area contributed by atoms with Gasteiger partial charge in [0.2, 0.25) is 5.91 Å². The molecule has 2 saturated heterocycles. The molecule has 0 saturated carbocycles. The summed E-state index contributed by atoms with van der Waals surface area (Å²) in [5, 5.41) is 56.4. The van der Waals surface area contributed by atoms with Gasteiger partial charge in [-0.2, -0.15) is 4.31 Å². The van der Waals surface area contributed by atoms with Crippen LogP contribution in [0, 0.1) is 0 Å². The second-order valence-electron chi connectivity index (χ2n) is 9.61. The Morgan fingerprint density at radius 1 is 1.11 bits per heavy atom. The number of aliphatic hydroxyl groups is 5. The Morgan fingerprint density at radius 3 is 2.49 bits per heavy atom. The Balaban J connectivity index is 1.36. The highest BCUT2D eigenvalue weighted by atomic mass is 31.3. The van der Waals surface area contributed by atoms with E-state index in [9.17, 15) is 54.0 Å².